The molecule has 2 N–H and O–H groups in total. The number of carboxylic acid groups (broad SMARTS) is 2. The number of aromatic carboxylic acids is 1. The summed E-state index contributed by atoms with van der Waals surface area (Å²) in [5, 5.41) is 20.0. The Kier molecular flexibility index (Phi) is 9.43. The van der Waals surface area contributed by atoms with Crippen LogP contribution >= 0.6 is 11.6 Å². The SMILES string of the molecule is C=C(C)[C@@H]1CC[C@]2(C#Cc3cc(Cl)ccc3C(=O)O)CC[C@]3(C)C(CCC4[C@@]5(C)CC[C@H](OC(=O)CC(C)(C)C(=O)O)C(C)(C)C5CC[C@]43C)C12. The number of carbonyl (C=O) groups excluding carboxylic acids is 1. The van der Waals surface area contributed by atoms with Crippen LogP contribution in [0.4, 0.5) is 0 Å². The molecule has 51 heavy (non-hydrogen) atoms. The molecular formula is C44H59ClO6. The number of esters is 1. The van der Waals surface area contributed by atoms with Crippen LogP contribution in [0.25, 0.3) is 0 Å². The Bertz CT molecular complexity index is 1700. The standard InChI is InChI=1S/C44H59ClO6/c1-26(2)29-15-21-44(20-14-27-24-28(45)10-11-30(27)37(47)48)23-22-42(8)31(36(29)44)12-13-33-41(7)18-17-34(51-35(46)25-39(3,4)38(49)50)40(5,6)32(41)16-19-43(33,42)9/h10-11,24,29,31-34,36H,1,12-13,15-19,21-23,25H2,2-9H3,(H,47,48)(H,49,50)/t29-,31?,32?,33?,34-,36?,41-,42+,43+,44+/m0/s1. The molecule has 0 amide bonds. The number of hydrogen-bond donors (Lipinski definition) is 2. The van der Waals surface area contributed by atoms with E-state index in [-0.39, 0.29) is 45.2 Å². The van der Waals surface area contributed by atoms with E-state index in [4.69, 9.17) is 16.3 Å². The number of ether oxygens (including phenoxy) is 1. The van der Waals surface area contributed by atoms with Gasteiger partial charge in [-0.3, -0.25) is 9.59 Å². The molecule has 278 valence electrons. The third-order valence-electron chi connectivity index (χ3n) is 16.1. The fourth-order valence-electron chi connectivity index (χ4n) is 13.2. The van der Waals surface area contributed by atoms with Crippen molar-refractivity contribution in [1.82, 2.24) is 0 Å². The van der Waals surface area contributed by atoms with Gasteiger partial charge in [-0.1, -0.05) is 70.2 Å². The van der Waals surface area contributed by atoms with Crippen LogP contribution in [-0.4, -0.2) is 34.2 Å². The quantitative estimate of drug-likeness (QED) is 0.172. The van der Waals surface area contributed by atoms with Gasteiger partial charge in [0.15, 0.2) is 0 Å². The molecule has 0 heterocycles. The lowest BCUT2D eigenvalue weighted by molar-refractivity contribution is -0.247. The molecule has 5 aliphatic carbocycles. The average molecular weight is 719 g/mol. The van der Waals surface area contributed by atoms with Crippen LogP contribution in [-0.2, 0) is 14.3 Å². The molecule has 0 aliphatic heterocycles. The van der Waals surface area contributed by atoms with Gasteiger partial charge in [0.1, 0.15) is 6.10 Å². The van der Waals surface area contributed by atoms with Gasteiger partial charge >= 0.3 is 17.9 Å². The van der Waals surface area contributed by atoms with E-state index in [0.29, 0.717) is 40.2 Å². The van der Waals surface area contributed by atoms with E-state index in [1.54, 1.807) is 32.0 Å². The minimum absolute atomic E-state index is 0.102. The van der Waals surface area contributed by atoms with E-state index in [9.17, 15) is 24.6 Å². The Morgan fingerprint density at radius 3 is 2.27 bits per heavy atom. The first-order chi connectivity index (χ1) is 23.6. The van der Waals surface area contributed by atoms with E-state index in [1.807, 2.05) is 0 Å². The maximum Gasteiger partial charge on any atom is 0.336 e. The highest BCUT2D eigenvalue weighted by Crippen LogP contribution is 2.77. The van der Waals surface area contributed by atoms with E-state index in [2.05, 4.69) is 60.0 Å². The van der Waals surface area contributed by atoms with Gasteiger partial charge in [0.05, 0.1) is 17.4 Å². The summed E-state index contributed by atoms with van der Waals surface area (Å²) >= 11 is 6.33. The average Bonchev–Trinajstić information content (AvgIpc) is 3.41. The lowest BCUT2D eigenvalue weighted by atomic mass is 9.32. The van der Waals surface area contributed by atoms with Crippen molar-refractivity contribution in [2.24, 2.45) is 62.1 Å². The molecule has 1 aromatic rings. The van der Waals surface area contributed by atoms with E-state index in [1.165, 1.54) is 5.57 Å². The van der Waals surface area contributed by atoms with Crippen LogP contribution in [0.3, 0.4) is 0 Å². The monoisotopic (exact) mass is 718 g/mol. The number of carbonyl (C=O) groups is 3. The predicted molar refractivity (Wildman–Crippen MR) is 200 cm³/mol. The molecule has 7 heteroatoms. The molecule has 10 atom stereocenters. The highest BCUT2D eigenvalue weighted by atomic mass is 35.5. The summed E-state index contributed by atoms with van der Waals surface area (Å²) in [6, 6.07) is 4.87. The van der Waals surface area contributed by atoms with Crippen molar-refractivity contribution in [1.29, 1.82) is 0 Å². The largest absolute Gasteiger partial charge is 0.481 e. The number of halogens is 1. The zero-order chi connectivity index (χ0) is 37.5. The molecule has 6 rings (SSSR count). The first-order valence-corrected chi connectivity index (χ1v) is 19.7. The van der Waals surface area contributed by atoms with E-state index >= 15 is 0 Å². The van der Waals surface area contributed by atoms with Crippen LogP contribution in [0.5, 0.6) is 0 Å². The molecule has 5 fully saturated rings. The van der Waals surface area contributed by atoms with Crippen molar-refractivity contribution in [3.63, 3.8) is 0 Å². The van der Waals surface area contributed by atoms with Crippen LogP contribution in [0.2, 0.25) is 5.02 Å². The first-order valence-electron chi connectivity index (χ1n) is 19.3. The van der Waals surface area contributed by atoms with Crippen molar-refractivity contribution in [3.05, 3.63) is 46.5 Å². The summed E-state index contributed by atoms with van der Waals surface area (Å²) < 4.78 is 6.16. The van der Waals surface area contributed by atoms with E-state index < -0.39 is 23.3 Å². The summed E-state index contributed by atoms with van der Waals surface area (Å²) in [6.45, 7) is 22.2. The number of benzene rings is 1. The molecule has 0 aromatic heterocycles. The summed E-state index contributed by atoms with van der Waals surface area (Å²) in [6.07, 6.45) is 10.2. The highest BCUT2D eigenvalue weighted by Gasteiger charge is 2.71. The predicted octanol–water partition coefficient (Wildman–Crippen LogP) is 10.5. The Morgan fingerprint density at radius 2 is 1.63 bits per heavy atom. The molecule has 0 spiro atoms. The van der Waals surface area contributed by atoms with Gasteiger partial charge < -0.3 is 14.9 Å². The van der Waals surface area contributed by atoms with Gasteiger partial charge in [0, 0.05) is 21.4 Å². The second-order valence-corrected chi connectivity index (χ2v) is 19.7. The number of fused-ring (bicyclic) bond motifs is 7. The topological polar surface area (TPSA) is 101 Å². The summed E-state index contributed by atoms with van der Waals surface area (Å²) in [7, 11) is 0. The zero-order valence-corrected chi connectivity index (χ0v) is 32.8. The van der Waals surface area contributed by atoms with Crippen LogP contribution in [0, 0.1) is 73.9 Å². The van der Waals surface area contributed by atoms with E-state index in [0.717, 1.165) is 64.2 Å². The fourth-order valence-corrected chi connectivity index (χ4v) is 13.4. The van der Waals surface area contributed by atoms with Gasteiger partial charge in [-0.05, 0) is 149 Å². The van der Waals surface area contributed by atoms with Crippen molar-refractivity contribution in [2.45, 2.75) is 132 Å². The minimum Gasteiger partial charge on any atom is -0.481 e. The zero-order valence-electron chi connectivity index (χ0n) is 32.1. The number of rotatable bonds is 6. The molecule has 0 bridgehead atoms. The molecule has 5 aliphatic rings. The highest BCUT2D eigenvalue weighted by molar-refractivity contribution is 6.30. The minimum atomic E-state index is -1.16. The van der Waals surface area contributed by atoms with Crippen LogP contribution in [0.1, 0.15) is 142 Å². The third kappa shape index (κ3) is 5.87. The van der Waals surface area contributed by atoms with Gasteiger partial charge in [-0.2, -0.15) is 0 Å². The van der Waals surface area contributed by atoms with Gasteiger partial charge in [-0.25, -0.2) is 4.79 Å². The second-order valence-electron chi connectivity index (χ2n) is 19.3. The molecule has 5 saturated carbocycles. The summed E-state index contributed by atoms with van der Waals surface area (Å²) in [5.74, 6) is 6.96. The molecule has 4 unspecified atom stereocenters. The van der Waals surface area contributed by atoms with Crippen molar-refractivity contribution in [2.75, 3.05) is 0 Å². The lowest BCUT2D eigenvalue weighted by Gasteiger charge is -2.72. The van der Waals surface area contributed by atoms with Gasteiger partial charge in [0.25, 0.3) is 0 Å². The Balaban J connectivity index is 1.30. The number of allylic oxidation sites excluding steroid dienone is 1. The Hall–Kier alpha value is -2.78. The maximum atomic E-state index is 13.1. The summed E-state index contributed by atoms with van der Waals surface area (Å²) in [4.78, 5) is 36.9. The molecule has 0 radical (unpaired) electrons. The number of carboxylic acids is 2. The smallest absolute Gasteiger partial charge is 0.336 e. The Morgan fingerprint density at radius 1 is 0.922 bits per heavy atom. The maximum absolute atomic E-state index is 13.1. The third-order valence-corrected chi connectivity index (χ3v) is 16.3. The van der Waals surface area contributed by atoms with Crippen molar-refractivity contribution >= 4 is 29.5 Å². The number of hydrogen-bond acceptors (Lipinski definition) is 4. The normalized spacial score (nSPS) is 39.5. The van der Waals surface area contributed by atoms with Gasteiger partial charge in [-0.15, -0.1) is 0 Å². The summed E-state index contributed by atoms with van der Waals surface area (Å²) in [5.41, 5.74) is 0.724. The molecule has 0 saturated heterocycles. The van der Waals surface area contributed by atoms with Crippen molar-refractivity contribution in [3.8, 4) is 11.8 Å². The van der Waals surface area contributed by atoms with Crippen molar-refractivity contribution < 1.29 is 29.3 Å². The lowest BCUT2D eigenvalue weighted by Crippen LogP contribution is -2.66. The van der Waals surface area contributed by atoms with Crippen LogP contribution in [0.15, 0.2) is 30.4 Å². The van der Waals surface area contributed by atoms with Gasteiger partial charge in [0.2, 0.25) is 0 Å². The first kappa shape index (κ1) is 38.0. The Labute approximate surface area is 310 Å². The second kappa shape index (κ2) is 12.7. The fraction of sp³-hybridized carbons (Fsp3) is 0.705. The number of aliphatic carboxylic acids is 1. The molecular weight excluding hydrogens is 660 g/mol. The molecule has 6 nitrogen and oxygen atoms in total. The van der Waals surface area contributed by atoms with Crippen LogP contribution < -0.4 is 0 Å². The molecule has 1 aromatic carbocycles.